The maximum absolute atomic E-state index is 12.7. The van der Waals surface area contributed by atoms with Crippen LogP contribution in [-0.4, -0.2) is 18.3 Å². The Morgan fingerprint density at radius 3 is 2.86 bits per heavy atom. The maximum Gasteiger partial charge on any atom is 0.126 e. The Balaban J connectivity index is 2.44. The molecule has 0 aliphatic heterocycles. The highest BCUT2D eigenvalue weighted by Gasteiger charge is 2.05. The zero-order valence-corrected chi connectivity index (χ0v) is 8.24. The first-order valence-corrected chi connectivity index (χ1v) is 4.75. The molecule has 0 aliphatic rings. The molecule has 78 valence electrons. The molecule has 3 heteroatoms. The van der Waals surface area contributed by atoms with Crippen molar-refractivity contribution < 1.29 is 14.2 Å². The first kappa shape index (κ1) is 11.0. The lowest BCUT2D eigenvalue weighted by Gasteiger charge is -2.12. The molecule has 0 aromatic heterocycles. The number of aliphatic hydroxyl groups excluding tert-OH is 1. The molecule has 1 rings (SSSR count). The van der Waals surface area contributed by atoms with Crippen LogP contribution in [0, 0.1) is 11.7 Å². The summed E-state index contributed by atoms with van der Waals surface area (Å²) in [6.45, 7) is 2.51. The molecule has 0 radical (unpaired) electrons. The van der Waals surface area contributed by atoms with Crippen molar-refractivity contribution in [2.24, 2.45) is 5.92 Å². The van der Waals surface area contributed by atoms with Gasteiger partial charge in [-0.3, -0.25) is 0 Å². The zero-order chi connectivity index (χ0) is 10.4. The summed E-state index contributed by atoms with van der Waals surface area (Å²) in [5.41, 5.74) is 0. The van der Waals surface area contributed by atoms with Gasteiger partial charge in [0.2, 0.25) is 0 Å². The molecule has 0 saturated carbocycles. The van der Waals surface area contributed by atoms with E-state index in [9.17, 15) is 4.39 Å². The predicted molar refractivity (Wildman–Crippen MR) is 52.8 cm³/mol. The van der Waals surface area contributed by atoms with Crippen LogP contribution in [0.2, 0.25) is 0 Å². The molecule has 1 aromatic rings. The highest BCUT2D eigenvalue weighted by Crippen LogP contribution is 2.13. The third-order valence-corrected chi connectivity index (χ3v) is 2.12. The van der Waals surface area contributed by atoms with Gasteiger partial charge in [0.1, 0.15) is 11.6 Å². The molecule has 1 aromatic carbocycles. The number of ether oxygens (including phenoxy) is 1. The van der Waals surface area contributed by atoms with Gasteiger partial charge in [0.15, 0.2) is 0 Å². The monoisotopic (exact) mass is 198 g/mol. The summed E-state index contributed by atoms with van der Waals surface area (Å²) in [5, 5.41) is 8.90. The Kier molecular flexibility index (Phi) is 4.40. The number of hydrogen-bond donors (Lipinski definition) is 1. The first-order chi connectivity index (χ1) is 6.76. The van der Waals surface area contributed by atoms with Crippen LogP contribution in [0.25, 0.3) is 0 Å². The van der Waals surface area contributed by atoms with Crippen molar-refractivity contribution in [1.82, 2.24) is 0 Å². The second-order valence-corrected chi connectivity index (χ2v) is 3.23. The van der Waals surface area contributed by atoms with Crippen LogP contribution in [0.3, 0.4) is 0 Å². The van der Waals surface area contributed by atoms with Gasteiger partial charge in [0, 0.05) is 18.6 Å². The first-order valence-electron chi connectivity index (χ1n) is 4.75. The van der Waals surface area contributed by atoms with E-state index in [0.29, 0.717) is 12.4 Å². The molecular weight excluding hydrogens is 183 g/mol. The average Bonchev–Trinajstić information content (AvgIpc) is 2.19. The number of rotatable bonds is 5. The second kappa shape index (κ2) is 5.60. The quantitative estimate of drug-likeness (QED) is 0.786. The molecule has 0 amide bonds. The van der Waals surface area contributed by atoms with Gasteiger partial charge in [-0.1, -0.05) is 13.0 Å². The van der Waals surface area contributed by atoms with Gasteiger partial charge < -0.3 is 9.84 Å². The zero-order valence-electron chi connectivity index (χ0n) is 8.24. The predicted octanol–water partition coefficient (Wildman–Crippen LogP) is 2.22. The van der Waals surface area contributed by atoms with Gasteiger partial charge in [-0.05, 0) is 18.6 Å². The lowest BCUT2D eigenvalue weighted by atomic mass is 10.1. The van der Waals surface area contributed by atoms with Gasteiger partial charge in [-0.15, -0.1) is 0 Å². The van der Waals surface area contributed by atoms with Crippen LogP contribution in [0.4, 0.5) is 4.39 Å². The number of benzene rings is 1. The van der Waals surface area contributed by atoms with Gasteiger partial charge in [-0.2, -0.15) is 0 Å². The van der Waals surface area contributed by atoms with Crippen molar-refractivity contribution in [3.05, 3.63) is 30.1 Å². The largest absolute Gasteiger partial charge is 0.493 e. The fraction of sp³-hybridized carbons (Fsp3) is 0.455. The SMILES string of the molecule is CCC(CO)COc1cccc(F)c1. The number of halogens is 1. The molecule has 0 spiro atoms. The molecule has 1 unspecified atom stereocenters. The van der Waals surface area contributed by atoms with E-state index in [-0.39, 0.29) is 18.3 Å². The van der Waals surface area contributed by atoms with Gasteiger partial charge in [0.05, 0.1) is 6.61 Å². The molecule has 0 aliphatic carbocycles. The second-order valence-electron chi connectivity index (χ2n) is 3.23. The Bertz CT molecular complexity index is 272. The van der Waals surface area contributed by atoms with Crippen molar-refractivity contribution in [2.45, 2.75) is 13.3 Å². The van der Waals surface area contributed by atoms with Gasteiger partial charge in [0.25, 0.3) is 0 Å². The van der Waals surface area contributed by atoms with Gasteiger partial charge >= 0.3 is 0 Å². The van der Waals surface area contributed by atoms with E-state index < -0.39 is 0 Å². The summed E-state index contributed by atoms with van der Waals surface area (Å²) in [4.78, 5) is 0. The Hall–Kier alpha value is -1.09. The van der Waals surface area contributed by atoms with Crippen molar-refractivity contribution in [1.29, 1.82) is 0 Å². The fourth-order valence-electron chi connectivity index (χ4n) is 1.07. The van der Waals surface area contributed by atoms with E-state index in [2.05, 4.69) is 0 Å². The molecule has 2 nitrogen and oxygen atoms in total. The van der Waals surface area contributed by atoms with E-state index in [0.717, 1.165) is 6.42 Å². The van der Waals surface area contributed by atoms with Crippen LogP contribution in [-0.2, 0) is 0 Å². The highest BCUT2D eigenvalue weighted by molar-refractivity contribution is 5.22. The van der Waals surface area contributed by atoms with E-state index in [1.807, 2.05) is 6.92 Å². The van der Waals surface area contributed by atoms with E-state index >= 15 is 0 Å². The summed E-state index contributed by atoms with van der Waals surface area (Å²) in [5.74, 6) is 0.328. The molecule has 0 saturated heterocycles. The summed E-state index contributed by atoms with van der Waals surface area (Å²) in [6.07, 6.45) is 0.853. The van der Waals surface area contributed by atoms with Crippen LogP contribution in [0.1, 0.15) is 13.3 Å². The summed E-state index contributed by atoms with van der Waals surface area (Å²) in [7, 11) is 0. The van der Waals surface area contributed by atoms with Crippen LogP contribution >= 0.6 is 0 Å². The smallest absolute Gasteiger partial charge is 0.126 e. The standard InChI is InChI=1S/C11H15FO2/c1-2-9(7-13)8-14-11-5-3-4-10(12)6-11/h3-6,9,13H,2,7-8H2,1H3. The van der Waals surface area contributed by atoms with Crippen molar-refractivity contribution in [3.8, 4) is 5.75 Å². The Morgan fingerprint density at radius 2 is 2.29 bits per heavy atom. The Morgan fingerprint density at radius 1 is 1.50 bits per heavy atom. The van der Waals surface area contributed by atoms with Crippen LogP contribution in [0.5, 0.6) is 5.75 Å². The minimum absolute atomic E-state index is 0.103. The third-order valence-electron chi connectivity index (χ3n) is 2.12. The lowest BCUT2D eigenvalue weighted by molar-refractivity contribution is 0.159. The number of hydrogen-bond acceptors (Lipinski definition) is 2. The van der Waals surface area contributed by atoms with Crippen LogP contribution in [0.15, 0.2) is 24.3 Å². The van der Waals surface area contributed by atoms with Crippen molar-refractivity contribution in [3.63, 3.8) is 0 Å². The van der Waals surface area contributed by atoms with E-state index in [1.165, 1.54) is 12.1 Å². The van der Waals surface area contributed by atoms with Crippen molar-refractivity contribution >= 4 is 0 Å². The normalized spacial score (nSPS) is 12.5. The molecular formula is C11H15FO2. The molecule has 0 fully saturated rings. The summed E-state index contributed by atoms with van der Waals surface area (Å²) >= 11 is 0. The minimum atomic E-state index is -0.306. The minimum Gasteiger partial charge on any atom is -0.493 e. The average molecular weight is 198 g/mol. The van der Waals surface area contributed by atoms with E-state index in [4.69, 9.17) is 9.84 Å². The molecule has 14 heavy (non-hydrogen) atoms. The maximum atomic E-state index is 12.7. The van der Waals surface area contributed by atoms with E-state index in [1.54, 1.807) is 12.1 Å². The highest BCUT2D eigenvalue weighted by atomic mass is 19.1. The topological polar surface area (TPSA) is 29.5 Å². The summed E-state index contributed by atoms with van der Waals surface area (Å²) < 4.78 is 18.1. The Labute approximate surface area is 83.3 Å². The number of aliphatic hydroxyl groups is 1. The fourth-order valence-corrected chi connectivity index (χ4v) is 1.07. The third kappa shape index (κ3) is 3.34. The van der Waals surface area contributed by atoms with Crippen molar-refractivity contribution in [2.75, 3.05) is 13.2 Å². The molecule has 0 heterocycles. The molecule has 1 atom stereocenters. The van der Waals surface area contributed by atoms with Crippen LogP contribution < -0.4 is 4.74 Å². The lowest BCUT2D eigenvalue weighted by Crippen LogP contribution is -2.14. The molecule has 0 bridgehead atoms. The molecule has 1 N–H and O–H groups in total. The van der Waals surface area contributed by atoms with Gasteiger partial charge in [-0.25, -0.2) is 4.39 Å². The summed E-state index contributed by atoms with van der Waals surface area (Å²) in [6, 6.07) is 6.01.